The van der Waals surface area contributed by atoms with E-state index in [9.17, 15) is 26.4 Å². The van der Waals surface area contributed by atoms with E-state index in [1.165, 1.54) is 0 Å². The van der Waals surface area contributed by atoms with E-state index in [1.54, 1.807) is 0 Å². The number of esters is 2. The van der Waals surface area contributed by atoms with Crippen LogP contribution in [-0.4, -0.2) is 64.7 Å². The van der Waals surface area contributed by atoms with E-state index in [0.29, 0.717) is 25.7 Å². The molecule has 2 saturated carbocycles. The van der Waals surface area contributed by atoms with Gasteiger partial charge in [0.15, 0.2) is 0 Å². The molecule has 35 heavy (non-hydrogen) atoms. The predicted octanol–water partition coefficient (Wildman–Crippen LogP) is 2.31. The zero-order valence-electron chi connectivity index (χ0n) is 21.3. The van der Waals surface area contributed by atoms with Gasteiger partial charge in [0.25, 0.3) is 20.2 Å². The summed E-state index contributed by atoms with van der Waals surface area (Å²) < 4.78 is 71.5. The van der Waals surface area contributed by atoms with Gasteiger partial charge in [-0.3, -0.25) is 18.0 Å². The van der Waals surface area contributed by atoms with Crippen LogP contribution in [0.4, 0.5) is 0 Å². The molecule has 0 spiro atoms. The molecule has 0 aromatic rings. The second-order valence-electron chi connectivity index (χ2n) is 12.1. The Morgan fingerprint density at radius 1 is 0.657 bits per heavy atom. The molecule has 0 amide bonds. The second-order valence-corrected chi connectivity index (χ2v) is 15.6. The summed E-state index contributed by atoms with van der Waals surface area (Å²) in [5, 5.41) is 0. The van der Waals surface area contributed by atoms with Gasteiger partial charge in [-0.05, 0) is 46.0 Å². The molecule has 4 aliphatic rings. The van der Waals surface area contributed by atoms with E-state index in [0.717, 1.165) is 0 Å². The predicted molar refractivity (Wildman–Crippen MR) is 124 cm³/mol. The lowest BCUT2D eigenvalue weighted by Crippen LogP contribution is -2.45. The van der Waals surface area contributed by atoms with E-state index in [2.05, 4.69) is 0 Å². The van der Waals surface area contributed by atoms with Crippen LogP contribution < -0.4 is 0 Å². The van der Waals surface area contributed by atoms with Gasteiger partial charge in [-0.2, -0.15) is 16.8 Å². The smallest absolute Gasteiger partial charge is 0.313 e. The zero-order chi connectivity index (χ0) is 26.3. The number of fused-ring (bicyclic) bond motifs is 4. The van der Waals surface area contributed by atoms with Crippen molar-refractivity contribution < 1.29 is 44.3 Å². The monoisotopic (exact) mass is 536 g/mol. The Bertz CT molecular complexity index is 1070. The maximum Gasteiger partial charge on any atom is 0.313 e. The van der Waals surface area contributed by atoms with Gasteiger partial charge < -0.3 is 9.47 Å². The van der Waals surface area contributed by atoms with Gasteiger partial charge in [0.1, 0.15) is 24.4 Å². The van der Waals surface area contributed by atoms with Crippen molar-refractivity contribution in [2.75, 3.05) is 24.7 Å². The van der Waals surface area contributed by atoms with Gasteiger partial charge in [0, 0.05) is 10.8 Å². The number of hydrogen-bond acceptors (Lipinski definition) is 10. The Balaban J connectivity index is 1.30. The standard InChI is InChI=1S/C23H36O10S2/c1-18(2)20(5)8-10-22(18,32-16(20)24)14-30-34(26,27)12-7-13-35(28,29)31-15-23-11-9-21(6,17(25)33-23)19(23,3)4/h7-15H2,1-6H3. The molecule has 2 heterocycles. The lowest BCUT2D eigenvalue weighted by Gasteiger charge is -2.36. The van der Waals surface area contributed by atoms with Gasteiger partial charge in [-0.25, -0.2) is 0 Å². The first-order valence-electron chi connectivity index (χ1n) is 12.0. The average molecular weight is 537 g/mol. The number of carbonyl (C=O) groups is 2. The highest BCUT2D eigenvalue weighted by atomic mass is 32.2. The van der Waals surface area contributed by atoms with E-state index in [4.69, 9.17) is 17.8 Å². The molecule has 4 bridgehead atoms. The maximum absolute atomic E-state index is 12.5. The summed E-state index contributed by atoms with van der Waals surface area (Å²) in [5.41, 5.74) is -4.63. The highest BCUT2D eigenvalue weighted by Crippen LogP contribution is 2.66. The van der Waals surface area contributed by atoms with Crippen LogP contribution in [0.5, 0.6) is 0 Å². The third-order valence-corrected chi connectivity index (χ3v) is 12.8. The molecular formula is C23H36O10S2. The fraction of sp³-hybridized carbons (Fsp3) is 0.913. The molecule has 2 aliphatic carbocycles. The Morgan fingerprint density at radius 3 is 1.26 bits per heavy atom. The molecule has 4 fully saturated rings. The highest BCUT2D eigenvalue weighted by Gasteiger charge is 2.74. The molecule has 4 atom stereocenters. The van der Waals surface area contributed by atoms with Crippen LogP contribution in [0.3, 0.4) is 0 Å². The van der Waals surface area contributed by atoms with Crippen molar-refractivity contribution in [1.82, 2.24) is 0 Å². The SMILES string of the molecule is CC12CCC(COS(=O)(=O)CCCS(=O)(=O)OCC34CCC(C)(C(=O)O3)C4(C)C)(OC1=O)C2(C)C. The van der Waals surface area contributed by atoms with Gasteiger partial charge >= 0.3 is 11.9 Å². The number of ether oxygens (including phenoxy) is 2. The van der Waals surface area contributed by atoms with Crippen molar-refractivity contribution in [1.29, 1.82) is 0 Å². The van der Waals surface area contributed by atoms with E-state index in [-0.39, 0.29) is 31.6 Å². The minimum absolute atomic E-state index is 0.230. The van der Waals surface area contributed by atoms with Gasteiger partial charge in [0.05, 0.1) is 22.3 Å². The van der Waals surface area contributed by atoms with E-state index >= 15 is 0 Å². The largest absolute Gasteiger partial charge is 0.456 e. The van der Waals surface area contributed by atoms with E-state index < -0.39 is 64.6 Å². The summed E-state index contributed by atoms with van der Waals surface area (Å²) in [7, 11) is -8.13. The van der Waals surface area contributed by atoms with Crippen molar-refractivity contribution in [2.24, 2.45) is 21.7 Å². The normalized spacial score (nSPS) is 39.1. The third kappa shape index (κ3) is 3.60. The van der Waals surface area contributed by atoms with Crippen molar-refractivity contribution in [3.05, 3.63) is 0 Å². The minimum atomic E-state index is -4.06. The zero-order valence-corrected chi connectivity index (χ0v) is 22.9. The highest BCUT2D eigenvalue weighted by molar-refractivity contribution is 7.87. The summed E-state index contributed by atoms with van der Waals surface area (Å²) in [4.78, 5) is 24.7. The third-order valence-electron chi connectivity index (χ3n) is 10.3. The number of rotatable bonds is 10. The molecule has 0 N–H and O–H groups in total. The molecule has 0 aromatic carbocycles. The molecule has 12 heteroatoms. The van der Waals surface area contributed by atoms with Crippen LogP contribution in [0, 0.1) is 21.7 Å². The quantitative estimate of drug-likeness (QED) is 0.302. The lowest BCUT2D eigenvalue weighted by atomic mass is 9.66. The molecule has 10 nitrogen and oxygen atoms in total. The summed E-state index contributed by atoms with van der Waals surface area (Å²) in [5.74, 6) is -1.76. The molecule has 200 valence electrons. The molecule has 0 radical (unpaired) electrons. The Hall–Kier alpha value is -1.24. The van der Waals surface area contributed by atoms with Crippen molar-refractivity contribution in [3.8, 4) is 0 Å². The van der Waals surface area contributed by atoms with Crippen molar-refractivity contribution >= 4 is 32.2 Å². The average Bonchev–Trinajstić information content (AvgIpc) is 3.18. The van der Waals surface area contributed by atoms with Gasteiger partial charge in [0.2, 0.25) is 0 Å². The maximum atomic E-state index is 12.5. The van der Waals surface area contributed by atoms with Gasteiger partial charge in [-0.15, -0.1) is 0 Å². The van der Waals surface area contributed by atoms with E-state index in [1.807, 2.05) is 41.5 Å². The van der Waals surface area contributed by atoms with Crippen LogP contribution in [0.1, 0.15) is 73.6 Å². The molecule has 4 unspecified atom stereocenters. The molecule has 4 rings (SSSR count). The Kier molecular flexibility index (Phi) is 5.85. The summed E-state index contributed by atoms with van der Waals surface area (Å²) in [6.45, 7) is 10.6. The fourth-order valence-corrected chi connectivity index (χ4v) is 8.43. The first kappa shape index (κ1) is 26.8. The topological polar surface area (TPSA) is 139 Å². The minimum Gasteiger partial charge on any atom is -0.456 e. The Labute approximate surface area is 207 Å². The van der Waals surface area contributed by atoms with Crippen LogP contribution in [-0.2, 0) is 47.7 Å². The summed E-state index contributed by atoms with van der Waals surface area (Å²) >= 11 is 0. The van der Waals surface area contributed by atoms with Crippen molar-refractivity contribution in [3.63, 3.8) is 0 Å². The van der Waals surface area contributed by atoms with Crippen LogP contribution in [0.15, 0.2) is 0 Å². The number of hydrogen-bond donors (Lipinski definition) is 0. The second kappa shape index (κ2) is 7.64. The lowest BCUT2D eigenvalue weighted by molar-refractivity contribution is -0.163. The summed E-state index contributed by atoms with van der Waals surface area (Å²) in [6.07, 6.45) is 1.95. The van der Waals surface area contributed by atoms with Crippen LogP contribution in [0.2, 0.25) is 0 Å². The molecule has 2 aliphatic heterocycles. The van der Waals surface area contributed by atoms with Gasteiger partial charge in [-0.1, -0.05) is 27.7 Å². The first-order valence-corrected chi connectivity index (χ1v) is 15.2. The number of carbonyl (C=O) groups excluding carboxylic acids is 2. The molecule has 2 saturated heterocycles. The fourth-order valence-electron chi connectivity index (χ4n) is 6.28. The van der Waals surface area contributed by atoms with Crippen LogP contribution in [0.25, 0.3) is 0 Å². The van der Waals surface area contributed by atoms with Crippen LogP contribution >= 0.6 is 0 Å². The Morgan fingerprint density at radius 2 is 1.00 bits per heavy atom. The first-order chi connectivity index (χ1) is 15.8. The summed E-state index contributed by atoms with van der Waals surface area (Å²) in [6, 6.07) is 0. The molecular weight excluding hydrogens is 500 g/mol. The molecule has 0 aromatic heterocycles. The van der Waals surface area contributed by atoms with Crippen molar-refractivity contribution in [2.45, 2.75) is 84.8 Å².